The highest BCUT2D eigenvalue weighted by Gasteiger charge is 2.25. The third-order valence-electron chi connectivity index (χ3n) is 5.36. The number of benzene rings is 1. The van der Waals surface area contributed by atoms with Crippen molar-refractivity contribution in [3.8, 4) is 6.19 Å². The van der Waals surface area contributed by atoms with Crippen LogP contribution in [0, 0.1) is 23.3 Å². The molecule has 0 aliphatic carbocycles. The topological polar surface area (TPSA) is 115 Å². The fourth-order valence-corrected chi connectivity index (χ4v) is 3.68. The molecule has 0 saturated carbocycles. The number of carbonyl (C=O) groups is 3. The number of rotatable bonds is 8. The van der Waals surface area contributed by atoms with E-state index in [1.165, 1.54) is 7.05 Å². The van der Waals surface area contributed by atoms with Crippen LogP contribution in [0.1, 0.15) is 43.5 Å². The number of likely N-dealkylation sites (tertiary alicyclic amines) is 1. The maximum Gasteiger partial charge on any atom is 0.411 e. The molecule has 1 heterocycles. The van der Waals surface area contributed by atoms with Crippen molar-refractivity contribution in [3.05, 3.63) is 29.8 Å². The van der Waals surface area contributed by atoms with E-state index in [9.17, 15) is 14.4 Å². The quantitative estimate of drug-likeness (QED) is 0.472. The van der Waals surface area contributed by atoms with Crippen molar-refractivity contribution >= 4 is 23.6 Å². The van der Waals surface area contributed by atoms with Gasteiger partial charge in [0, 0.05) is 30.8 Å². The van der Waals surface area contributed by atoms with Crippen molar-refractivity contribution in [1.82, 2.24) is 15.1 Å². The first-order valence-electron chi connectivity index (χ1n) is 10.9. The van der Waals surface area contributed by atoms with Gasteiger partial charge in [-0.1, -0.05) is 13.8 Å². The van der Waals surface area contributed by atoms with E-state index in [0.29, 0.717) is 30.2 Å². The number of piperidine rings is 1. The minimum atomic E-state index is -0.793. The van der Waals surface area contributed by atoms with Crippen LogP contribution < -0.4 is 10.6 Å². The molecule has 32 heavy (non-hydrogen) atoms. The zero-order valence-electron chi connectivity index (χ0n) is 19.3. The molecule has 2 unspecified atom stereocenters. The summed E-state index contributed by atoms with van der Waals surface area (Å²) in [6.07, 6.45) is 3.80. The van der Waals surface area contributed by atoms with E-state index in [1.54, 1.807) is 30.5 Å². The smallest absolute Gasteiger partial charge is 0.411 e. The highest BCUT2D eigenvalue weighted by Crippen LogP contribution is 2.16. The van der Waals surface area contributed by atoms with Crippen LogP contribution in [0.5, 0.6) is 0 Å². The minimum Gasteiger partial charge on any atom is -0.449 e. The Morgan fingerprint density at radius 3 is 2.56 bits per heavy atom. The van der Waals surface area contributed by atoms with Crippen LogP contribution >= 0.6 is 0 Å². The van der Waals surface area contributed by atoms with Crippen molar-refractivity contribution in [1.29, 1.82) is 5.26 Å². The average molecular weight is 444 g/mol. The zero-order valence-corrected chi connectivity index (χ0v) is 19.3. The van der Waals surface area contributed by atoms with Gasteiger partial charge in [0.05, 0.1) is 6.61 Å². The Labute approximate surface area is 189 Å². The molecule has 2 N–H and O–H groups in total. The largest absolute Gasteiger partial charge is 0.449 e. The summed E-state index contributed by atoms with van der Waals surface area (Å²) in [5.74, 6) is -0.388. The number of ether oxygens (including phenoxy) is 1. The van der Waals surface area contributed by atoms with E-state index in [1.807, 2.05) is 13.8 Å². The number of hydrogen-bond acceptors (Lipinski definition) is 6. The molecule has 1 aromatic rings. The van der Waals surface area contributed by atoms with Crippen LogP contribution in [0.3, 0.4) is 0 Å². The number of hydrogen-bond donors (Lipinski definition) is 2. The van der Waals surface area contributed by atoms with Crippen molar-refractivity contribution in [3.63, 3.8) is 0 Å². The Hall–Kier alpha value is -3.12. The first-order chi connectivity index (χ1) is 15.2. The van der Waals surface area contributed by atoms with Crippen molar-refractivity contribution < 1.29 is 19.1 Å². The molecule has 1 aromatic carbocycles. The summed E-state index contributed by atoms with van der Waals surface area (Å²) >= 11 is 0. The van der Waals surface area contributed by atoms with Crippen LogP contribution in [-0.4, -0.2) is 67.5 Å². The van der Waals surface area contributed by atoms with Crippen molar-refractivity contribution in [2.45, 2.75) is 39.2 Å². The van der Waals surface area contributed by atoms with Gasteiger partial charge in [-0.25, -0.2) is 4.79 Å². The van der Waals surface area contributed by atoms with E-state index in [4.69, 9.17) is 10.00 Å². The molecule has 1 aliphatic rings. The van der Waals surface area contributed by atoms with Gasteiger partial charge in [-0.05, 0) is 63.0 Å². The number of likely N-dealkylation sites (N-methyl/N-ethyl adjacent to an activating group) is 1. The predicted octanol–water partition coefficient (Wildman–Crippen LogP) is 2.66. The van der Waals surface area contributed by atoms with Gasteiger partial charge in [-0.3, -0.25) is 19.8 Å². The lowest BCUT2D eigenvalue weighted by atomic mass is 10.00. The third kappa shape index (κ3) is 7.85. The Morgan fingerprint density at radius 1 is 1.28 bits per heavy atom. The first-order valence-corrected chi connectivity index (χ1v) is 10.9. The standard InChI is InChI=1S/C23H33N5O4/c1-16(2)12-20(22(30)28(4)15-24)26-21(29)18-7-9-19(10-8-18)25-23(31)32-14-17-6-5-11-27(3)13-17/h7-10,16-17,20H,5-6,11-14H2,1-4H3,(H,25,31)(H,26,29). The Balaban J connectivity index is 1.89. The summed E-state index contributed by atoms with van der Waals surface area (Å²) in [6.45, 7) is 6.24. The van der Waals surface area contributed by atoms with Crippen LogP contribution in [-0.2, 0) is 9.53 Å². The molecule has 9 nitrogen and oxygen atoms in total. The van der Waals surface area contributed by atoms with Gasteiger partial charge in [0.2, 0.25) is 0 Å². The van der Waals surface area contributed by atoms with Gasteiger partial charge in [0.25, 0.3) is 11.8 Å². The SMILES string of the molecule is CC(C)CC(NC(=O)c1ccc(NC(=O)OCC2CCCN(C)C2)cc1)C(=O)N(C)C#N. The van der Waals surface area contributed by atoms with E-state index < -0.39 is 23.9 Å². The van der Waals surface area contributed by atoms with Crippen LogP contribution in [0.2, 0.25) is 0 Å². The molecule has 2 rings (SSSR count). The predicted molar refractivity (Wildman–Crippen MR) is 121 cm³/mol. The molecular formula is C23H33N5O4. The van der Waals surface area contributed by atoms with Gasteiger partial charge in [0.1, 0.15) is 6.04 Å². The monoisotopic (exact) mass is 443 g/mol. The molecule has 174 valence electrons. The van der Waals surface area contributed by atoms with Crippen LogP contribution in [0.15, 0.2) is 24.3 Å². The zero-order chi connectivity index (χ0) is 23.7. The molecule has 1 fully saturated rings. The van der Waals surface area contributed by atoms with E-state index >= 15 is 0 Å². The van der Waals surface area contributed by atoms with E-state index in [2.05, 4.69) is 22.6 Å². The number of nitrogens with one attached hydrogen (secondary N) is 2. The molecule has 1 saturated heterocycles. The van der Waals surface area contributed by atoms with Gasteiger partial charge < -0.3 is 15.0 Å². The summed E-state index contributed by atoms with van der Waals surface area (Å²) in [5.41, 5.74) is 0.849. The lowest BCUT2D eigenvalue weighted by Crippen LogP contribution is -2.46. The van der Waals surface area contributed by atoms with Gasteiger partial charge in [-0.15, -0.1) is 0 Å². The second kappa shape index (κ2) is 12.1. The Bertz CT molecular complexity index is 834. The first kappa shape index (κ1) is 25.1. The fraction of sp³-hybridized carbons (Fsp3) is 0.565. The summed E-state index contributed by atoms with van der Waals surface area (Å²) in [5, 5.41) is 14.3. The minimum absolute atomic E-state index is 0.156. The summed E-state index contributed by atoms with van der Waals surface area (Å²) in [7, 11) is 3.43. The lowest BCUT2D eigenvalue weighted by molar-refractivity contribution is -0.129. The van der Waals surface area contributed by atoms with Crippen LogP contribution in [0.4, 0.5) is 10.5 Å². The average Bonchev–Trinajstić information content (AvgIpc) is 2.76. The van der Waals surface area contributed by atoms with Gasteiger partial charge >= 0.3 is 6.09 Å². The maximum absolute atomic E-state index is 12.6. The Morgan fingerprint density at radius 2 is 1.97 bits per heavy atom. The molecule has 0 radical (unpaired) electrons. The van der Waals surface area contributed by atoms with E-state index in [0.717, 1.165) is 30.8 Å². The molecule has 2 atom stereocenters. The lowest BCUT2D eigenvalue weighted by Gasteiger charge is -2.29. The van der Waals surface area contributed by atoms with Crippen molar-refractivity contribution in [2.75, 3.05) is 39.1 Å². The number of carbonyl (C=O) groups excluding carboxylic acids is 3. The normalized spacial score (nSPS) is 17.2. The Kier molecular flexibility index (Phi) is 9.47. The number of nitrogens with zero attached hydrogens (tertiary/aromatic N) is 3. The van der Waals surface area contributed by atoms with Crippen molar-refractivity contribution in [2.24, 2.45) is 11.8 Å². The molecule has 1 aliphatic heterocycles. The van der Waals surface area contributed by atoms with Gasteiger partial charge in [-0.2, -0.15) is 5.26 Å². The van der Waals surface area contributed by atoms with Gasteiger partial charge in [0.15, 0.2) is 6.19 Å². The highest BCUT2D eigenvalue weighted by molar-refractivity contribution is 5.98. The second-order valence-corrected chi connectivity index (χ2v) is 8.72. The molecule has 0 bridgehead atoms. The summed E-state index contributed by atoms with van der Waals surface area (Å²) < 4.78 is 5.34. The number of amides is 3. The molecule has 3 amide bonds. The van der Waals surface area contributed by atoms with Crippen LogP contribution in [0.25, 0.3) is 0 Å². The summed E-state index contributed by atoms with van der Waals surface area (Å²) in [4.78, 5) is 40.2. The fourth-order valence-electron chi connectivity index (χ4n) is 3.68. The summed E-state index contributed by atoms with van der Waals surface area (Å²) in [6, 6.07) is 5.53. The van der Waals surface area contributed by atoms with E-state index in [-0.39, 0.29) is 5.92 Å². The molecular weight excluding hydrogens is 410 g/mol. The third-order valence-corrected chi connectivity index (χ3v) is 5.36. The molecule has 9 heteroatoms. The second-order valence-electron chi connectivity index (χ2n) is 8.72. The number of nitriles is 1. The number of anilines is 1. The highest BCUT2D eigenvalue weighted by atomic mass is 16.5. The molecule has 0 spiro atoms. The molecule has 0 aromatic heterocycles. The maximum atomic E-state index is 12.6.